The van der Waals surface area contributed by atoms with E-state index >= 15 is 0 Å². The van der Waals surface area contributed by atoms with Crippen molar-refractivity contribution in [3.05, 3.63) is 35.4 Å². The van der Waals surface area contributed by atoms with Gasteiger partial charge in [-0.3, -0.25) is 4.79 Å². The summed E-state index contributed by atoms with van der Waals surface area (Å²) in [4.78, 5) is 14.2. The fourth-order valence-electron chi connectivity index (χ4n) is 2.34. The Morgan fingerprint density at radius 3 is 2.80 bits per heavy atom. The summed E-state index contributed by atoms with van der Waals surface area (Å²) in [5.41, 5.74) is -0.749. The van der Waals surface area contributed by atoms with Crippen LogP contribution < -0.4 is 5.32 Å². The van der Waals surface area contributed by atoms with Crippen LogP contribution in [0.3, 0.4) is 0 Å². The van der Waals surface area contributed by atoms with Gasteiger partial charge in [-0.05, 0) is 31.2 Å². The predicted molar refractivity (Wildman–Crippen MR) is 69.4 cm³/mol. The lowest BCUT2D eigenvalue weighted by molar-refractivity contribution is -0.137. The van der Waals surface area contributed by atoms with E-state index in [4.69, 9.17) is 0 Å². The fourth-order valence-corrected chi connectivity index (χ4v) is 2.34. The van der Waals surface area contributed by atoms with Crippen LogP contribution in [-0.4, -0.2) is 36.5 Å². The first-order valence-corrected chi connectivity index (χ1v) is 6.60. The first kappa shape index (κ1) is 14.8. The van der Waals surface area contributed by atoms with Gasteiger partial charge in [-0.1, -0.05) is 13.0 Å². The van der Waals surface area contributed by atoms with Crippen molar-refractivity contribution >= 4 is 5.91 Å². The molecule has 1 saturated heterocycles. The number of likely N-dealkylation sites (tertiary alicyclic amines) is 1. The van der Waals surface area contributed by atoms with Crippen molar-refractivity contribution in [1.82, 2.24) is 10.2 Å². The van der Waals surface area contributed by atoms with E-state index in [9.17, 15) is 18.0 Å². The first-order valence-electron chi connectivity index (χ1n) is 6.60. The largest absolute Gasteiger partial charge is 0.416 e. The molecule has 6 heteroatoms. The molecule has 0 spiro atoms. The number of hydrogen-bond acceptors (Lipinski definition) is 2. The average Bonchev–Trinajstić information content (AvgIpc) is 2.85. The van der Waals surface area contributed by atoms with Crippen LogP contribution in [0.2, 0.25) is 0 Å². The number of likely N-dealkylation sites (N-methyl/N-ethyl adjacent to an activating group) is 1. The Labute approximate surface area is 115 Å². The first-order chi connectivity index (χ1) is 9.40. The number of nitrogens with one attached hydrogen (secondary N) is 1. The minimum atomic E-state index is -4.43. The van der Waals surface area contributed by atoms with Crippen LogP contribution >= 0.6 is 0 Å². The molecule has 1 aromatic carbocycles. The lowest BCUT2D eigenvalue weighted by atomic mass is 10.1. The summed E-state index contributed by atoms with van der Waals surface area (Å²) in [5.74, 6) is -0.445. The van der Waals surface area contributed by atoms with Gasteiger partial charge in [0.15, 0.2) is 0 Å². The van der Waals surface area contributed by atoms with Gasteiger partial charge in [0.1, 0.15) is 0 Å². The fraction of sp³-hybridized carbons (Fsp3) is 0.500. The van der Waals surface area contributed by atoms with Crippen molar-refractivity contribution in [3.63, 3.8) is 0 Å². The number of benzene rings is 1. The molecule has 110 valence electrons. The zero-order valence-corrected chi connectivity index (χ0v) is 11.2. The molecule has 1 atom stereocenters. The molecule has 0 aromatic heterocycles. The van der Waals surface area contributed by atoms with E-state index in [0.717, 1.165) is 38.2 Å². The predicted octanol–water partition coefficient (Wildman–Crippen LogP) is 2.53. The Balaban J connectivity index is 2.03. The number of carbonyl (C=O) groups excluding carboxylic acids is 1. The van der Waals surface area contributed by atoms with Crippen molar-refractivity contribution in [2.75, 3.05) is 19.6 Å². The number of alkyl halides is 3. The highest BCUT2D eigenvalue weighted by atomic mass is 19.4. The lowest BCUT2D eigenvalue weighted by Gasteiger charge is -2.15. The highest BCUT2D eigenvalue weighted by Gasteiger charge is 2.31. The Bertz CT molecular complexity index is 488. The third-order valence-electron chi connectivity index (χ3n) is 3.51. The summed E-state index contributed by atoms with van der Waals surface area (Å²) < 4.78 is 37.8. The second kappa shape index (κ2) is 5.83. The Hall–Kier alpha value is -1.56. The lowest BCUT2D eigenvalue weighted by Crippen LogP contribution is -2.37. The number of hydrogen-bond donors (Lipinski definition) is 1. The zero-order chi connectivity index (χ0) is 14.8. The average molecular weight is 286 g/mol. The minimum Gasteiger partial charge on any atom is -0.348 e. The summed E-state index contributed by atoms with van der Waals surface area (Å²) in [7, 11) is 0. The molecule has 20 heavy (non-hydrogen) atoms. The number of nitrogens with zero attached hydrogens (tertiary/aromatic N) is 1. The summed E-state index contributed by atoms with van der Waals surface area (Å²) in [6.45, 7) is 4.61. The zero-order valence-electron chi connectivity index (χ0n) is 11.2. The molecule has 0 bridgehead atoms. The van der Waals surface area contributed by atoms with Gasteiger partial charge in [-0.25, -0.2) is 0 Å². The molecule has 1 fully saturated rings. The summed E-state index contributed by atoms with van der Waals surface area (Å²) >= 11 is 0. The molecule has 1 heterocycles. The summed E-state index contributed by atoms with van der Waals surface area (Å²) in [6.07, 6.45) is -3.60. The van der Waals surface area contributed by atoms with E-state index < -0.39 is 17.6 Å². The van der Waals surface area contributed by atoms with E-state index in [-0.39, 0.29) is 11.6 Å². The molecule has 0 aliphatic carbocycles. The van der Waals surface area contributed by atoms with Gasteiger partial charge in [0, 0.05) is 24.7 Å². The van der Waals surface area contributed by atoms with Crippen molar-refractivity contribution in [3.8, 4) is 0 Å². The molecule has 1 aromatic rings. The molecule has 1 aliphatic rings. The van der Waals surface area contributed by atoms with Crippen LogP contribution in [0.15, 0.2) is 24.3 Å². The normalized spacial score (nSPS) is 20.1. The molecule has 1 N–H and O–H groups in total. The Morgan fingerprint density at radius 1 is 1.45 bits per heavy atom. The van der Waals surface area contributed by atoms with Gasteiger partial charge >= 0.3 is 6.18 Å². The SMILES string of the molecule is CCN1CCC(NC(=O)c2cccc(C(F)(F)F)c2)C1. The third kappa shape index (κ3) is 3.50. The van der Waals surface area contributed by atoms with Crippen LogP contribution in [0.5, 0.6) is 0 Å². The molecule has 3 nitrogen and oxygen atoms in total. The number of halogens is 3. The highest BCUT2D eigenvalue weighted by Crippen LogP contribution is 2.29. The van der Waals surface area contributed by atoms with Crippen molar-refractivity contribution < 1.29 is 18.0 Å². The van der Waals surface area contributed by atoms with Crippen LogP contribution in [-0.2, 0) is 6.18 Å². The van der Waals surface area contributed by atoms with Crippen LogP contribution in [0.4, 0.5) is 13.2 Å². The van der Waals surface area contributed by atoms with Gasteiger partial charge in [0.2, 0.25) is 0 Å². The molecule has 2 rings (SSSR count). The van der Waals surface area contributed by atoms with Crippen molar-refractivity contribution in [2.24, 2.45) is 0 Å². The second-order valence-electron chi connectivity index (χ2n) is 4.93. The molecule has 1 amide bonds. The maximum atomic E-state index is 12.6. The molecular formula is C14H17F3N2O. The van der Waals surface area contributed by atoms with Crippen molar-refractivity contribution in [2.45, 2.75) is 25.6 Å². The summed E-state index contributed by atoms with van der Waals surface area (Å²) in [6, 6.07) is 4.52. The molecule has 0 saturated carbocycles. The minimum absolute atomic E-state index is 0.0111. The highest BCUT2D eigenvalue weighted by molar-refractivity contribution is 5.94. The van der Waals surface area contributed by atoms with Gasteiger partial charge in [0.25, 0.3) is 5.91 Å². The van der Waals surface area contributed by atoms with Crippen LogP contribution in [0.1, 0.15) is 29.3 Å². The second-order valence-corrected chi connectivity index (χ2v) is 4.93. The van der Waals surface area contributed by atoms with Gasteiger partial charge < -0.3 is 10.2 Å². The monoisotopic (exact) mass is 286 g/mol. The molecule has 1 aliphatic heterocycles. The van der Waals surface area contributed by atoms with Crippen molar-refractivity contribution in [1.29, 1.82) is 0 Å². The topological polar surface area (TPSA) is 32.3 Å². The number of carbonyl (C=O) groups is 1. The molecule has 1 unspecified atom stereocenters. The van der Waals surface area contributed by atoms with E-state index in [2.05, 4.69) is 10.2 Å². The maximum Gasteiger partial charge on any atom is 0.416 e. The quantitative estimate of drug-likeness (QED) is 0.926. The van der Waals surface area contributed by atoms with Crippen LogP contribution in [0, 0.1) is 0 Å². The van der Waals surface area contributed by atoms with E-state index in [1.807, 2.05) is 6.92 Å². The van der Waals surface area contributed by atoms with E-state index in [1.165, 1.54) is 12.1 Å². The Kier molecular flexibility index (Phi) is 4.32. The molecular weight excluding hydrogens is 269 g/mol. The maximum absolute atomic E-state index is 12.6. The van der Waals surface area contributed by atoms with Gasteiger partial charge in [-0.15, -0.1) is 0 Å². The Morgan fingerprint density at radius 2 is 2.20 bits per heavy atom. The van der Waals surface area contributed by atoms with E-state index in [1.54, 1.807) is 0 Å². The smallest absolute Gasteiger partial charge is 0.348 e. The summed E-state index contributed by atoms with van der Waals surface area (Å²) in [5, 5.41) is 2.79. The third-order valence-corrected chi connectivity index (χ3v) is 3.51. The molecule has 0 radical (unpaired) electrons. The van der Waals surface area contributed by atoms with Gasteiger partial charge in [-0.2, -0.15) is 13.2 Å². The number of amides is 1. The van der Waals surface area contributed by atoms with Gasteiger partial charge in [0.05, 0.1) is 5.56 Å². The standard InChI is InChI=1S/C14H17F3N2O/c1-2-19-7-6-12(9-19)18-13(20)10-4-3-5-11(8-10)14(15,16)17/h3-5,8,12H,2,6-7,9H2,1H3,(H,18,20). The number of rotatable bonds is 3. The van der Waals surface area contributed by atoms with Crippen LogP contribution in [0.25, 0.3) is 0 Å². The van der Waals surface area contributed by atoms with E-state index in [0.29, 0.717) is 0 Å².